The lowest BCUT2D eigenvalue weighted by molar-refractivity contribution is -0.146. The topological polar surface area (TPSA) is 73.2 Å². The number of rotatable bonds is 5. The molecule has 1 rings (SSSR count). The van der Waals surface area contributed by atoms with E-state index in [-0.39, 0.29) is 18.2 Å². The van der Waals surface area contributed by atoms with Crippen LogP contribution in [0, 0.1) is 19.8 Å². The normalized spacial score (nSPS) is 12.3. The number of methoxy groups -OCH3 is 1. The summed E-state index contributed by atoms with van der Waals surface area (Å²) < 4.78 is 6.45. The largest absolute Gasteiger partial charge is 0.467 e. The molecule has 0 bridgehead atoms. The fourth-order valence-corrected chi connectivity index (χ4v) is 2.08. The van der Waals surface area contributed by atoms with E-state index in [1.165, 1.54) is 7.11 Å². The van der Waals surface area contributed by atoms with Crippen molar-refractivity contribution in [1.29, 1.82) is 0 Å². The van der Waals surface area contributed by atoms with Gasteiger partial charge in [-0.25, -0.2) is 4.79 Å². The predicted octanol–water partition coefficient (Wildman–Crippen LogP) is 0.893. The quantitative estimate of drug-likeness (QED) is 0.814. The molecule has 1 amide bonds. The molecule has 6 nitrogen and oxygen atoms in total. The Hall–Kier alpha value is -1.85. The standard InChI is InChI=1S/C14H23N3O3/c1-8(2)13(14(19)20-6)15-12(18)7-11-9(3)16-17(5)10(11)4/h8,13H,7H2,1-6H3,(H,15,18)/t13-/m0/s1. The molecule has 1 atom stereocenters. The van der Waals surface area contributed by atoms with E-state index in [4.69, 9.17) is 4.74 Å². The van der Waals surface area contributed by atoms with Gasteiger partial charge in [0.25, 0.3) is 0 Å². The number of aromatic nitrogens is 2. The molecule has 0 fully saturated rings. The van der Waals surface area contributed by atoms with Crippen molar-refractivity contribution in [3.63, 3.8) is 0 Å². The Bertz CT molecular complexity index is 506. The van der Waals surface area contributed by atoms with Crippen LogP contribution in [0.4, 0.5) is 0 Å². The van der Waals surface area contributed by atoms with Crippen molar-refractivity contribution in [1.82, 2.24) is 15.1 Å². The van der Waals surface area contributed by atoms with Gasteiger partial charge < -0.3 is 10.1 Å². The van der Waals surface area contributed by atoms with Gasteiger partial charge in [-0.1, -0.05) is 13.8 Å². The van der Waals surface area contributed by atoms with Gasteiger partial charge in [-0.15, -0.1) is 0 Å². The Morgan fingerprint density at radius 3 is 2.35 bits per heavy atom. The number of carbonyl (C=O) groups excluding carboxylic acids is 2. The van der Waals surface area contributed by atoms with E-state index in [1.54, 1.807) is 4.68 Å². The number of hydrogen-bond acceptors (Lipinski definition) is 4. The molecule has 0 saturated carbocycles. The first-order valence-electron chi connectivity index (χ1n) is 6.64. The second kappa shape index (κ2) is 6.54. The van der Waals surface area contributed by atoms with Crippen LogP contribution in [0.2, 0.25) is 0 Å². The van der Waals surface area contributed by atoms with Gasteiger partial charge in [0.1, 0.15) is 6.04 Å². The summed E-state index contributed by atoms with van der Waals surface area (Å²) in [6, 6.07) is -0.621. The third-order valence-electron chi connectivity index (χ3n) is 3.43. The molecule has 1 aromatic heterocycles. The lowest BCUT2D eigenvalue weighted by atomic mass is 10.0. The van der Waals surface area contributed by atoms with Crippen LogP contribution in [0.5, 0.6) is 0 Å². The van der Waals surface area contributed by atoms with Crippen molar-refractivity contribution in [3.05, 3.63) is 17.0 Å². The molecule has 0 spiro atoms. The van der Waals surface area contributed by atoms with Gasteiger partial charge >= 0.3 is 5.97 Å². The summed E-state index contributed by atoms with van der Waals surface area (Å²) in [5.74, 6) is -0.649. The zero-order chi connectivity index (χ0) is 15.4. The highest BCUT2D eigenvalue weighted by atomic mass is 16.5. The second-order valence-corrected chi connectivity index (χ2v) is 5.26. The average Bonchev–Trinajstić information content (AvgIpc) is 2.61. The third kappa shape index (κ3) is 3.59. The monoisotopic (exact) mass is 281 g/mol. The molecule has 1 N–H and O–H groups in total. The van der Waals surface area contributed by atoms with Crippen LogP contribution in [-0.4, -0.2) is 34.8 Å². The predicted molar refractivity (Wildman–Crippen MR) is 75.2 cm³/mol. The number of carbonyl (C=O) groups is 2. The molecular weight excluding hydrogens is 258 g/mol. The SMILES string of the molecule is COC(=O)[C@@H](NC(=O)Cc1c(C)nn(C)c1C)C(C)C. The minimum Gasteiger partial charge on any atom is -0.467 e. The molecule has 0 aliphatic heterocycles. The first-order valence-corrected chi connectivity index (χ1v) is 6.64. The van der Waals surface area contributed by atoms with E-state index in [2.05, 4.69) is 10.4 Å². The Morgan fingerprint density at radius 2 is 1.95 bits per heavy atom. The molecule has 0 radical (unpaired) electrons. The third-order valence-corrected chi connectivity index (χ3v) is 3.43. The van der Waals surface area contributed by atoms with Crippen LogP contribution in [-0.2, 0) is 27.8 Å². The van der Waals surface area contributed by atoms with Crippen molar-refractivity contribution < 1.29 is 14.3 Å². The summed E-state index contributed by atoms with van der Waals surface area (Å²) in [5, 5.41) is 7.00. The van der Waals surface area contributed by atoms with Gasteiger partial charge in [-0.3, -0.25) is 9.48 Å². The Balaban J connectivity index is 2.78. The second-order valence-electron chi connectivity index (χ2n) is 5.26. The van der Waals surface area contributed by atoms with E-state index < -0.39 is 12.0 Å². The number of nitrogens with zero attached hydrogens (tertiary/aromatic N) is 2. The summed E-state index contributed by atoms with van der Waals surface area (Å²) in [7, 11) is 3.16. The zero-order valence-corrected chi connectivity index (χ0v) is 13.0. The molecule has 20 heavy (non-hydrogen) atoms. The van der Waals surface area contributed by atoms with Crippen molar-refractivity contribution in [3.8, 4) is 0 Å². The van der Waals surface area contributed by atoms with Crippen molar-refractivity contribution >= 4 is 11.9 Å². The summed E-state index contributed by atoms with van der Waals surface area (Å²) in [6.45, 7) is 7.52. The summed E-state index contributed by atoms with van der Waals surface area (Å²) in [5.41, 5.74) is 2.69. The molecule has 0 aliphatic carbocycles. The molecule has 0 saturated heterocycles. The van der Waals surface area contributed by atoms with Crippen LogP contribution in [0.25, 0.3) is 0 Å². The summed E-state index contributed by atoms with van der Waals surface area (Å²) in [6.07, 6.45) is 0.214. The van der Waals surface area contributed by atoms with E-state index >= 15 is 0 Å². The van der Waals surface area contributed by atoms with Crippen LogP contribution in [0.1, 0.15) is 30.8 Å². The number of hydrogen-bond donors (Lipinski definition) is 1. The lowest BCUT2D eigenvalue weighted by Crippen LogP contribution is -2.45. The van der Waals surface area contributed by atoms with Gasteiger partial charge in [0.05, 0.1) is 19.2 Å². The molecule has 6 heteroatoms. The number of ether oxygens (including phenoxy) is 1. The highest BCUT2D eigenvalue weighted by Crippen LogP contribution is 2.13. The number of amides is 1. The molecule has 1 heterocycles. The number of aryl methyl sites for hydroxylation is 2. The van der Waals surface area contributed by atoms with Crippen molar-refractivity contribution in [2.75, 3.05) is 7.11 Å². The van der Waals surface area contributed by atoms with E-state index in [0.717, 1.165) is 17.0 Å². The Morgan fingerprint density at radius 1 is 1.35 bits per heavy atom. The van der Waals surface area contributed by atoms with Gasteiger partial charge in [0.15, 0.2) is 0 Å². The lowest BCUT2D eigenvalue weighted by Gasteiger charge is -2.19. The van der Waals surface area contributed by atoms with Crippen LogP contribution < -0.4 is 5.32 Å². The van der Waals surface area contributed by atoms with Crippen LogP contribution in [0.15, 0.2) is 0 Å². The van der Waals surface area contributed by atoms with Crippen molar-refractivity contribution in [2.24, 2.45) is 13.0 Å². The smallest absolute Gasteiger partial charge is 0.328 e. The molecule has 0 aliphatic rings. The van der Waals surface area contributed by atoms with Gasteiger partial charge in [0, 0.05) is 18.3 Å². The highest BCUT2D eigenvalue weighted by Gasteiger charge is 2.25. The highest BCUT2D eigenvalue weighted by molar-refractivity contribution is 5.86. The average molecular weight is 281 g/mol. The fourth-order valence-electron chi connectivity index (χ4n) is 2.08. The van der Waals surface area contributed by atoms with Crippen LogP contribution >= 0.6 is 0 Å². The molecule has 1 aromatic rings. The minimum absolute atomic E-state index is 0.0255. The number of esters is 1. The Labute approximate surface area is 119 Å². The first kappa shape index (κ1) is 16.2. The minimum atomic E-state index is -0.621. The van der Waals surface area contributed by atoms with Crippen molar-refractivity contribution in [2.45, 2.75) is 40.2 Å². The summed E-state index contributed by atoms with van der Waals surface area (Å²) >= 11 is 0. The Kier molecular flexibility index (Phi) is 5.30. The van der Waals surface area contributed by atoms with E-state index in [1.807, 2.05) is 34.7 Å². The van der Waals surface area contributed by atoms with E-state index in [0.29, 0.717) is 0 Å². The first-order chi connectivity index (χ1) is 9.27. The molecular formula is C14H23N3O3. The maximum atomic E-state index is 12.1. The van der Waals surface area contributed by atoms with Gasteiger partial charge in [0.2, 0.25) is 5.91 Å². The number of nitrogens with one attached hydrogen (secondary N) is 1. The van der Waals surface area contributed by atoms with E-state index in [9.17, 15) is 9.59 Å². The molecule has 0 unspecified atom stereocenters. The molecule has 112 valence electrons. The maximum absolute atomic E-state index is 12.1. The summed E-state index contributed by atoms with van der Waals surface area (Å²) in [4.78, 5) is 23.7. The van der Waals surface area contributed by atoms with Gasteiger partial charge in [-0.2, -0.15) is 5.10 Å². The van der Waals surface area contributed by atoms with Crippen LogP contribution in [0.3, 0.4) is 0 Å². The fraction of sp³-hybridized carbons (Fsp3) is 0.643. The maximum Gasteiger partial charge on any atom is 0.328 e. The molecule has 0 aromatic carbocycles. The van der Waals surface area contributed by atoms with Gasteiger partial charge in [-0.05, 0) is 19.8 Å². The zero-order valence-electron chi connectivity index (χ0n) is 13.0.